The van der Waals surface area contributed by atoms with Gasteiger partial charge in [-0.05, 0) is 31.2 Å². The van der Waals surface area contributed by atoms with Crippen molar-refractivity contribution < 1.29 is 18.6 Å². The molecule has 1 N–H and O–H groups in total. The summed E-state index contributed by atoms with van der Waals surface area (Å²) in [7, 11) is -0.866. The quantitative estimate of drug-likeness (QED) is 0.426. The van der Waals surface area contributed by atoms with E-state index in [1.165, 1.54) is 14.2 Å². The molecule has 0 spiro atoms. The van der Waals surface area contributed by atoms with Gasteiger partial charge in [-0.25, -0.2) is 9.78 Å². The maximum Gasteiger partial charge on any atom is 0.351 e. The fourth-order valence-corrected chi connectivity index (χ4v) is 5.00. The van der Waals surface area contributed by atoms with Crippen molar-refractivity contribution in [2.75, 3.05) is 19.3 Å². The number of esters is 1. The SMILES string of the molecule is COC(=O)c1sc(-c2ccc(Cl)cc2)nc1NP(=O)(OC)c1ccc(C)cc1. The van der Waals surface area contributed by atoms with E-state index in [9.17, 15) is 9.36 Å². The molecule has 0 fully saturated rings. The number of thiazole rings is 1. The molecule has 0 bridgehead atoms. The Balaban J connectivity index is 2.03. The number of methoxy groups -OCH3 is 1. The van der Waals surface area contributed by atoms with Gasteiger partial charge in [0.15, 0.2) is 10.7 Å². The summed E-state index contributed by atoms with van der Waals surface area (Å²) in [4.78, 5) is 16.9. The average Bonchev–Trinajstić information content (AvgIpc) is 3.11. The zero-order valence-electron chi connectivity index (χ0n) is 15.4. The van der Waals surface area contributed by atoms with Gasteiger partial charge in [0.2, 0.25) is 0 Å². The number of benzene rings is 2. The first-order valence-electron chi connectivity index (χ1n) is 8.22. The molecule has 2 aromatic carbocycles. The van der Waals surface area contributed by atoms with Crippen LogP contribution in [0.2, 0.25) is 5.02 Å². The number of ether oxygens (including phenoxy) is 1. The zero-order valence-corrected chi connectivity index (χ0v) is 17.9. The maximum absolute atomic E-state index is 13.4. The second-order valence-electron chi connectivity index (χ2n) is 5.88. The number of hydrogen-bond donors (Lipinski definition) is 1. The summed E-state index contributed by atoms with van der Waals surface area (Å²) in [5, 5.41) is 4.46. The molecule has 1 atom stereocenters. The van der Waals surface area contributed by atoms with Crippen LogP contribution >= 0.6 is 30.5 Å². The summed E-state index contributed by atoms with van der Waals surface area (Å²) < 4.78 is 23.5. The lowest BCUT2D eigenvalue weighted by Crippen LogP contribution is -2.15. The first kappa shape index (κ1) is 20.6. The summed E-state index contributed by atoms with van der Waals surface area (Å²) in [5.74, 6) is -0.431. The molecule has 28 heavy (non-hydrogen) atoms. The van der Waals surface area contributed by atoms with Crippen molar-refractivity contribution >= 4 is 47.5 Å². The van der Waals surface area contributed by atoms with Gasteiger partial charge >= 0.3 is 13.5 Å². The monoisotopic (exact) mass is 436 g/mol. The Morgan fingerprint density at radius 2 is 1.75 bits per heavy atom. The van der Waals surface area contributed by atoms with Crippen molar-refractivity contribution in [1.29, 1.82) is 0 Å². The molecular weight excluding hydrogens is 419 g/mol. The number of nitrogens with one attached hydrogen (secondary N) is 1. The van der Waals surface area contributed by atoms with E-state index >= 15 is 0 Å². The van der Waals surface area contributed by atoms with Crippen LogP contribution in [0.5, 0.6) is 0 Å². The van der Waals surface area contributed by atoms with Crippen LogP contribution in [0.25, 0.3) is 10.6 Å². The molecule has 0 radical (unpaired) electrons. The number of halogens is 1. The first-order chi connectivity index (χ1) is 13.4. The standard InChI is InChI=1S/C19H18ClN2O4PS/c1-12-4-10-15(11-5-12)27(24,26-3)22-17-16(19(23)25-2)28-18(21-17)13-6-8-14(20)9-7-13/h4-11H,1-3H3,(H,22,24). The Bertz CT molecular complexity index is 1040. The molecule has 1 heterocycles. The van der Waals surface area contributed by atoms with Crippen LogP contribution in [0, 0.1) is 6.92 Å². The van der Waals surface area contributed by atoms with Gasteiger partial charge < -0.3 is 9.26 Å². The van der Waals surface area contributed by atoms with E-state index in [-0.39, 0.29) is 10.7 Å². The van der Waals surface area contributed by atoms with Gasteiger partial charge in [0.1, 0.15) is 5.01 Å². The van der Waals surface area contributed by atoms with Crippen molar-refractivity contribution in [3.05, 3.63) is 64.0 Å². The predicted molar refractivity (Wildman–Crippen MR) is 113 cm³/mol. The van der Waals surface area contributed by atoms with E-state index in [0.29, 0.717) is 15.3 Å². The Morgan fingerprint density at radius 1 is 1.11 bits per heavy atom. The summed E-state index contributed by atoms with van der Waals surface area (Å²) in [5.41, 5.74) is 1.80. The van der Waals surface area contributed by atoms with Crippen molar-refractivity contribution in [2.24, 2.45) is 0 Å². The van der Waals surface area contributed by atoms with E-state index in [2.05, 4.69) is 10.1 Å². The van der Waals surface area contributed by atoms with Gasteiger partial charge in [-0.15, -0.1) is 11.3 Å². The van der Waals surface area contributed by atoms with E-state index in [1.807, 2.05) is 19.1 Å². The molecule has 0 aliphatic carbocycles. The number of hydrogen-bond acceptors (Lipinski definition) is 6. The molecule has 0 saturated carbocycles. The number of aryl methyl sites for hydroxylation is 1. The Hall–Kier alpha value is -2.18. The van der Waals surface area contributed by atoms with Crippen molar-refractivity contribution in [3.8, 4) is 10.6 Å². The maximum atomic E-state index is 13.4. The third-order valence-corrected chi connectivity index (χ3v) is 7.31. The molecule has 3 aromatic rings. The molecule has 0 saturated heterocycles. The summed E-state index contributed by atoms with van der Waals surface area (Å²) in [6.45, 7) is 1.93. The Morgan fingerprint density at radius 3 is 2.32 bits per heavy atom. The molecule has 6 nitrogen and oxygen atoms in total. The summed E-state index contributed by atoms with van der Waals surface area (Å²) >= 11 is 7.07. The molecule has 146 valence electrons. The van der Waals surface area contributed by atoms with Crippen molar-refractivity contribution in [3.63, 3.8) is 0 Å². The average molecular weight is 437 g/mol. The van der Waals surface area contributed by atoms with Gasteiger partial charge in [0.05, 0.1) is 12.4 Å². The molecule has 9 heteroatoms. The van der Waals surface area contributed by atoms with Crippen LogP contribution in [0.3, 0.4) is 0 Å². The smallest absolute Gasteiger partial charge is 0.351 e. The van der Waals surface area contributed by atoms with Gasteiger partial charge in [-0.3, -0.25) is 9.65 Å². The predicted octanol–water partition coefficient (Wildman–Crippen LogP) is 5.14. The number of aromatic nitrogens is 1. The second-order valence-corrected chi connectivity index (χ2v) is 9.52. The number of carbonyl (C=O) groups excluding carboxylic acids is 1. The highest BCUT2D eigenvalue weighted by Crippen LogP contribution is 2.46. The van der Waals surface area contributed by atoms with Gasteiger partial charge in [0.25, 0.3) is 0 Å². The highest BCUT2D eigenvalue weighted by Gasteiger charge is 2.30. The molecule has 3 rings (SSSR count). The number of carbonyl (C=O) groups is 1. The molecule has 1 aromatic heterocycles. The topological polar surface area (TPSA) is 77.5 Å². The minimum Gasteiger partial charge on any atom is -0.465 e. The van der Waals surface area contributed by atoms with Crippen LogP contribution in [0.4, 0.5) is 5.82 Å². The minimum atomic E-state index is -3.49. The summed E-state index contributed by atoms with van der Waals surface area (Å²) in [6.07, 6.45) is 0. The number of nitrogens with zero attached hydrogens (tertiary/aromatic N) is 1. The van der Waals surface area contributed by atoms with Crippen LogP contribution in [0.1, 0.15) is 15.2 Å². The van der Waals surface area contributed by atoms with Crippen LogP contribution in [-0.2, 0) is 13.8 Å². The minimum absolute atomic E-state index is 0.146. The number of anilines is 1. The van der Waals surface area contributed by atoms with E-state index in [0.717, 1.165) is 22.5 Å². The lowest BCUT2D eigenvalue weighted by molar-refractivity contribution is 0.0607. The second kappa shape index (κ2) is 8.45. The Labute approximate surface area is 172 Å². The van der Waals surface area contributed by atoms with Gasteiger partial charge in [0, 0.05) is 17.7 Å². The van der Waals surface area contributed by atoms with Crippen LogP contribution in [-0.4, -0.2) is 25.2 Å². The normalized spacial score (nSPS) is 13.0. The highest BCUT2D eigenvalue weighted by molar-refractivity contribution is 7.68. The van der Waals surface area contributed by atoms with Crippen LogP contribution in [0.15, 0.2) is 48.5 Å². The molecular formula is C19H18ClN2O4PS. The summed E-state index contributed by atoms with van der Waals surface area (Å²) in [6, 6.07) is 14.2. The highest BCUT2D eigenvalue weighted by atomic mass is 35.5. The molecule has 0 amide bonds. The van der Waals surface area contributed by atoms with E-state index in [4.69, 9.17) is 20.9 Å². The van der Waals surface area contributed by atoms with Crippen LogP contribution < -0.4 is 10.4 Å². The molecule has 0 aliphatic heterocycles. The number of rotatable bonds is 6. The third kappa shape index (κ3) is 4.28. The lowest BCUT2D eigenvalue weighted by atomic mass is 10.2. The van der Waals surface area contributed by atoms with E-state index in [1.54, 1.807) is 36.4 Å². The fraction of sp³-hybridized carbons (Fsp3) is 0.158. The van der Waals surface area contributed by atoms with Crippen molar-refractivity contribution in [1.82, 2.24) is 4.98 Å². The Kier molecular flexibility index (Phi) is 6.20. The van der Waals surface area contributed by atoms with Gasteiger partial charge in [-0.2, -0.15) is 0 Å². The van der Waals surface area contributed by atoms with Crippen molar-refractivity contribution in [2.45, 2.75) is 6.92 Å². The molecule has 0 aliphatic rings. The van der Waals surface area contributed by atoms with E-state index < -0.39 is 13.5 Å². The largest absolute Gasteiger partial charge is 0.465 e. The lowest BCUT2D eigenvalue weighted by Gasteiger charge is -2.18. The molecule has 1 unspecified atom stereocenters. The first-order valence-corrected chi connectivity index (χ1v) is 11.0. The zero-order chi connectivity index (χ0) is 20.3. The fourth-order valence-electron chi connectivity index (χ4n) is 2.44. The third-order valence-electron chi connectivity index (χ3n) is 3.97. The van der Waals surface area contributed by atoms with Gasteiger partial charge in [-0.1, -0.05) is 41.4 Å².